The fourth-order valence-electron chi connectivity index (χ4n) is 2.51. The summed E-state index contributed by atoms with van der Waals surface area (Å²) in [7, 11) is 1.52. The number of nitrogens with one attached hydrogen (secondary N) is 1. The second-order valence-corrected chi connectivity index (χ2v) is 5.60. The number of pyridine rings is 1. The smallest absolute Gasteiger partial charge is 0.248 e. The number of para-hydroxylation sites is 1. The molecule has 2 aromatic carbocycles. The van der Waals surface area contributed by atoms with Gasteiger partial charge in [0.25, 0.3) is 0 Å². The van der Waals surface area contributed by atoms with E-state index < -0.39 is 0 Å². The summed E-state index contributed by atoms with van der Waals surface area (Å²) in [6.45, 7) is -0.0618. The lowest BCUT2D eigenvalue weighted by atomic mass is 10.2. The van der Waals surface area contributed by atoms with Crippen LogP contribution >= 0.6 is 0 Å². The second-order valence-electron chi connectivity index (χ2n) is 5.60. The molecule has 1 aromatic heterocycles. The van der Waals surface area contributed by atoms with Gasteiger partial charge >= 0.3 is 0 Å². The van der Waals surface area contributed by atoms with E-state index in [0.29, 0.717) is 17.2 Å². The van der Waals surface area contributed by atoms with Crippen molar-refractivity contribution in [2.24, 2.45) is 0 Å². The Morgan fingerprint density at radius 3 is 2.89 bits per heavy atom. The van der Waals surface area contributed by atoms with E-state index in [2.05, 4.69) is 10.3 Å². The molecule has 6 heteroatoms. The number of nitriles is 1. The van der Waals surface area contributed by atoms with E-state index in [1.54, 1.807) is 30.5 Å². The molecule has 0 atom stereocenters. The van der Waals surface area contributed by atoms with Crippen LogP contribution in [0.2, 0.25) is 0 Å². The molecule has 0 bridgehead atoms. The van der Waals surface area contributed by atoms with Gasteiger partial charge in [0, 0.05) is 11.5 Å². The number of benzene rings is 2. The summed E-state index contributed by atoms with van der Waals surface area (Å²) >= 11 is 0. The van der Waals surface area contributed by atoms with E-state index in [1.165, 1.54) is 13.2 Å². The van der Waals surface area contributed by atoms with Crippen molar-refractivity contribution in [1.29, 1.82) is 5.26 Å². The maximum absolute atomic E-state index is 12.2. The standard InChI is InChI=1S/C21H17N3O3/c1-26-20-12-15(6-8-19(20)27-11-10-22)7-9-21(25)24-17-13-16-4-2-3-5-18(16)23-14-17/h2-9,12-14H,11H2,1H3,(H,24,25)/b9-7+. The molecule has 0 radical (unpaired) electrons. The second kappa shape index (κ2) is 8.50. The number of hydrogen-bond acceptors (Lipinski definition) is 5. The quantitative estimate of drug-likeness (QED) is 0.677. The van der Waals surface area contributed by atoms with Gasteiger partial charge in [0.15, 0.2) is 18.1 Å². The zero-order valence-electron chi connectivity index (χ0n) is 14.7. The summed E-state index contributed by atoms with van der Waals surface area (Å²) in [6.07, 6.45) is 4.72. The molecule has 134 valence electrons. The number of aromatic nitrogens is 1. The van der Waals surface area contributed by atoms with E-state index >= 15 is 0 Å². The molecule has 0 unspecified atom stereocenters. The molecule has 0 saturated heterocycles. The summed E-state index contributed by atoms with van der Waals surface area (Å²) in [5, 5.41) is 12.3. The Labute approximate surface area is 156 Å². The van der Waals surface area contributed by atoms with Gasteiger partial charge in [-0.25, -0.2) is 0 Å². The molecule has 3 rings (SSSR count). The number of fused-ring (bicyclic) bond motifs is 1. The molecule has 6 nitrogen and oxygen atoms in total. The van der Waals surface area contributed by atoms with Gasteiger partial charge in [-0.2, -0.15) is 5.26 Å². The van der Waals surface area contributed by atoms with Crippen LogP contribution in [0.4, 0.5) is 5.69 Å². The number of rotatable bonds is 6. The molecular weight excluding hydrogens is 342 g/mol. The molecule has 0 aliphatic carbocycles. The van der Waals surface area contributed by atoms with Crippen molar-refractivity contribution in [3.05, 3.63) is 66.4 Å². The van der Waals surface area contributed by atoms with Gasteiger partial charge in [-0.05, 0) is 35.9 Å². The lowest BCUT2D eigenvalue weighted by molar-refractivity contribution is -0.111. The first kappa shape index (κ1) is 18.0. The molecule has 0 aliphatic heterocycles. The summed E-state index contributed by atoms with van der Waals surface area (Å²) in [5.74, 6) is 0.699. The van der Waals surface area contributed by atoms with Gasteiger partial charge in [0.05, 0.1) is 24.5 Å². The minimum Gasteiger partial charge on any atom is -0.493 e. The Bertz CT molecular complexity index is 1040. The fourth-order valence-corrected chi connectivity index (χ4v) is 2.51. The van der Waals surface area contributed by atoms with Crippen LogP contribution < -0.4 is 14.8 Å². The van der Waals surface area contributed by atoms with Crippen molar-refractivity contribution in [3.63, 3.8) is 0 Å². The van der Waals surface area contributed by atoms with Crippen LogP contribution in [0, 0.1) is 11.3 Å². The average Bonchev–Trinajstić information content (AvgIpc) is 2.70. The third-order valence-corrected chi connectivity index (χ3v) is 3.77. The highest BCUT2D eigenvalue weighted by Crippen LogP contribution is 2.28. The first-order valence-electron chi connectivity index (χ1n) is 8.21. The third kappa shape index (κ3) is 4.61. The number of amides is 1. The minimum atomic E-state index is -0.268. The number of anilines is 1. The highest BCUT2D eigenvalue weighted by Gasteiger charge is 2.05. The summed E-state index contributed by atoms with van der Waals surface area (Å²) in [6, 6.07) is 16.7. The Morgan fingerprint density at radius 1 is 1.22 bits per heavy atom. The minimum absolute atomic E-state index is 0.0618. The predicted molar refractivity (Wildman–Crippen MR) is 104 cm³/mol. The Kier molecular flexibility index (Phi) is 5.65. The van der Waals surface area contributed by atoms with Gasteiger partial charge in [0.1, 0.15) is 6.07 Å². The number of carbonyl (C=O) groups is 1. The number of nitrogens with zero attached hydrogens (tertiary/aromatic N) is 2. The van der Waals surface area contributed by atoms with Gasteiger partial charge in [-0.3, -0.25) is 9.78 Å². The number of methoxy groups -OCH3 is 1. The molecule has 3 aromatic rings. The normalized spacial score (nSPS) is 10.5. The van der Waals surface area contributed by atoms with Crippen LogP contribution in [0.3, 0.4) is 0 Å². The van der Waals surface area contributed by atoms with Crippen LogP contribution in [0.15, 0.2) is 60.8 Å². The average molecular weight is 359 g/mol. The van der Waals surface area contributed by atoms with Gasteiger partial charge in [-0.1, -0.05) is 24.3 Å². The van der Waals surface area contributed by atoms with Crippen molar-refractivity contribution in [2.45, 2.75) is 0 Å². The van der Waals surface area contributed by atoms with Gasteiger partial charge in [-0.15, -0.1) is 0 Å². The number of hydrogen-bond donors (Lipinski definition) is 1. The van der Waals surface area contributed by atoms with Crippen LogP contribution in [0.5, 0.6) is 11.5 Å². The van der Waals surface area contributed by atoms with Crippen molar-refractivity contribution < 1.29 is 14.3 Å². The zero-order valence-corrected chi connectivity index (χ0v) is 14.7. The van der Waals surface area contributed by atoms with E-state index in [4.69, 9.17) is 14.7 Å². The van der Waals surface area contributed by atoms with Crippen LogP contribution in [0.1, 0.15) is 5.56 Å². The van der Waals surface area contributed by atoms with Crippen molar-refractivity contribution >= 4 is 28.6 Å². The number of ether oxygens (including phenoxy) is 2. The molecule has 1 heterocycles. The summed E-state index contributed by atoms with van der Waals surface area (Å²) in [4.78, 5) is 16.5. The molecule has 0 fully saturated rings. The summed E-state index contributed by atoms with van der Waals surface area (Å²) in [5.41, 5.74) is 2.26. The molecular formula is C21H17N3O3. The van der Waals surface area contributed by atoms with Gasteiger partial charge in [0.2, 0.25) is 5.91 Å². The topological polar surface area (TPSA) is 84.2 Å². The van der Waals surface area contributed by atoms with Crippen LogP contribution in [0.25, 0.3) is 17.0 Å². The Morgan fingerprint density at radius 2 is 2.07 bits per heavy atom. The largest absolute Gasteiger partial charge is 0.493 e. The molecule has 1 amide bonds. The number of carbonyl (C=O) groups excluding carboxylic acids is 1. The lowest BCUT2D eigenvalue weighted by Gasteiger charge is -2.08. The first-order chi connectivity index (χ1) is 13.2. The fraction of sp³-hybridized carbons (Fsp3) is 0.0952. The van der Waals surface area contributed by atoms with Crippen molar-refractivity contribution in [1.82, 2.24) is 4.98 Å². The molecule has 0 aliphatic rings. The Balaban J connectivity index is 1.69. The van der Waals surface area contributed by atoms with E-state index in [0.717, 1.165) is 16.5 Å². The highest BCUT2D eigenvalue weighted by molar-refractivity contribution is 6.02. The van der Waals surface area contributed by atoms with Gasteiger partial charge < -0.3 is 14.8 Å². The van der Waals surface area contributed by atoms with Crippen LogP contribution in [-0.4, -0.2) is 24.6 Å². The monoisotopic (exact) mass is 359 g/mol. The molecule has 0 spiro atoms. The maximum atomic E-state index is 12.2. The zero-order chi connectivity index (χ0) is 19.1. The summed E-state index contributed by atoms with van der Waals surface area (Å²) < 4.78 is 10.5. The molecule has 0 saturated carbocycles. The lowest BCUT2D eigenvalue weighted by Crippen LogP contribution is -2.07. The SMILES string of the molecule is COc1cc(/C=C/C(=O)Nc2cnc3ccccc3c2)ccc1OCC#N. The molecule has 27 heavy (non-hydrogen) atoms. The van der Waals surface area contributed by atoms with E-state index in [-0.39, 0.29) is 12.5 Å². The molecule has 1 N–H and O–H groups in total. The maximum Gasteiger partial charge on any atom is 0.248 e. The van der Waals surface area contributed by atoms with E-state index in [9.17, 15) is 4.79 Å². The third-order valence-electron chi connectivity index (χ3n) is 3.77. The predicted octanol–water partition coefficient (Wildman–Crippen LogP) is 3.80. The van der Waals surface area contributed by atoms with Crippen molar-refractivity contribution in [2.75, 3.05) is 19.0 Å². The van der Waals surface area contributed by atoms with Crippen LogP contribution in [-0.2, 0) is 4.79 Å². The van der Waals surface area contributed by atoms with E-state index in [1.807, 2.05) is 36.4 Å². The first-order valence-corrected chi connectivity index (χ1v) is 8.21. The Hall–Kier alpha value is -3.85. The highest BCUT2D eigenvalue weighted by atomic mass is 16.5. The van der Waals surface area contributed by atoms with Crippen molar-refractivity contribution in [3.8, 4) is 17.6 Å².